The summed E-state index contributed by atoms with van der Waals surface area (Å²) in [5.41, 5.74) is 0. The molecule has 0 saturated carbocycles. The number of piperidine rings is 1. The van der Waals surface area contributed by atoms with Gasteiger partial charge in [-0.1, -0.05) is 6.92 Å². The average Bonchev–Trinajstić information content (AvgIpc) is 2.93. The van der Waals surface area contributed by atoms with Gasteiger partial charge in [0.15, 0.2) is 0 Å². The Bertz CT molecular complexity index is 535. The minimum Gasteiger partial charge on any atom is -0.346 e. The number of nitrogens with one attached hydrogen (secondary N) is 2. The van der Waals surface area contributed by atoms with Crippen molar-refractivity contribution in [1.29, 1.82) is 0 Å². The summed E-state index contributed by atoms with van der Waals surface area (Å²) in [6.45, 7) is 2.70. The van der Waals surface area contributed by atoms with Crippen molar-refractivity contribution in [2.24, 2.45) is 0 Å². The van der Waals surface area contributed by atoms with Crippen LogP contribution in [0.3, 0.4) is 0 Å². The van der Waals surface area contributed by atoms with Crippen LogP contribution in [0.4, 0.5) is 0 Å². The van der Waals surface area contributed by atoms with Gasteiger partial charge in [0.2, 0.25) is 10.0 Å². The number of hydrogen-bond donors (Lipinski definition) is 2. The fourth-order valence-corrected chi connectivity index (χ4v) is 3.71. The quantitative estimate of drug-likeness (QED) is 0.729. The van der Waals surface area contributed by atoms with Crippen molar-refractivity contribution < 1.29 is 13.2 Å². The van der Waals surface area contributed by atoms with E-state index in [1.54, 1.807) is 0 Å². The van der Waals surface area contributed by atoms with Gasteiger partial charge < -0.3 is 5.32 Å². The minimum absolute atomic E-state index is 0.00830. The van der Waals surface area contributed by atoms with Crippen LogP contribution in [0.1, 0.15) is 36.8 Å². The molecule has 1 amide bonds. The van der Waals surface area contributed by atoms with E-state index in [9.17, 15) is 13.2 Å². The third-order valence-corrected chi connectivity index (χ3v) is 5.27. The zero-order valence-electron chi connectivity index (χ0n) is 11.2. The predicted octanol–water partition coefficient (Wildman–Crippen LogP) is -0.866. The standard InChI is InChI=1S/C10H18N6O3S/c1-2-7-20(18,19)16-5-3-8(4-6-16)11-10(17)9-12-14-15-13-9/h8H,2-7H2,1H3,(H,11,17)(H,12,13,14,15). The maximum atomic E-state index is 11.9. The van der Waals surface area contributed by atoms with Crippen LogP contribution < -0.4 is 5.32 Å². The van der Waals surface area contributed by atoms with Crippen LogP contribution in [0.15, 0.2) is 0 Å². The summed E-state index contributed by atoms with van der Waals surface area (Å²) in [6, 6.07) is -0.0610. The molecule has 0 radical (unpaired) electrons. The molecule has 2 heterocycles. The monoisotopic (exact) mass is 302 g/mol. The molecule has 0 spiro atoms. The first kappa shape index (κ1) is 14.9. The molecule has 1 fully saturated rings. The molecule has 0 atom stereocenters. The Balaban J connectivity index is 1.84. The van der Waals surface area contributed by atoms with Crippen LogP contribution in [0, 0.1) is 0 Å². The van der Waals surface area contributed by atoms with Crippen molar-refractivity contribution in [3.8, 4) is 0 Å². The van der Waals surface area contributed by atoms with Crippen LogP contribution in [0.25, 0.3) is 0 Å². The SMILES string of the molecule is CCCS(=O)(=O)N1CCC(NC(=O)c2nn[nH]n2)CC1. The number of rotatable bonds is 5. The highest BCUT2D eigenvalue weighted by atomic mass is 32.2. The van der Waals surface area contributed by atoms with Crippen LogP contribution in [0.5, 0.6) is 0 Å². The zero-order valence-corrected chi connectivity index (χ0v) is 12.1. The molecule has 10 heteroatoms. The molecule has 1 aromatic heterocycles. The third-order valence-electron chi connectivity index (χ3n) is 3.19. The molecule has 0 bridgehead atoms. The van der Waals surface area contributed by atoms with Gasteiger partial charge in [0.25, 0.3) is 11.7 Å². The van der Waals surface area contributed by atoms with E-state index in [2.05, 4.69) is 25.9 Å². The van der Waals surface area contributed by atoms with Crippen molar-refractivity contribution in [2.45, 2.75) is 32.2 Å². The number of sulfonamides is 1. The molecule has 20 heavy (non-hydrogen) atoms. The van der Waals surface area contributed by atoms with Gasteiger partial charge in [-0.25, -0.2) is 12.7 Å². The molecule has 9 nitrogen and oxygen atoms in total. The fraction of sp³-hybridized carbons (Fsp3) is 0.800. The van der Waals surface area contributed by atoms with E-state index in [4.69, 9.17) is 0 Å². The van der Waals surface area contributed by atoms with Gasteiger partial charge in [-0.2, -0.15) is 5.21 Å². The summed E-state index contributed by atoms with van der Waals surface area (Å²) in [7, 11) is -3.15. The molecule has 1 aliphatic rings. The first-order valence-electron chi connectivity index (χ1n) is 6.55. The zero-order chi connectivity index (χ0) is 14.6. The summed E-state index contributed by atoms with van der Waals surface area (Å²) in [4.78, 5) is 11.7. The van der Waals surface area contributed by atoms with Gasteiger partial charge in [-0.3, -0.25) is 4.79 Å². The minimum atomic E-state index is -3.15. The van der Waals surface area contributed by atoms with Gasteiger partial charge in [-0.15, -0.1) is 10.2 Å². The van der Waals surface area contributed by atoms with E-state index in [0.29, 0.717) is 32.4 Å². The van der Waals surface area contributed by atoms with Crippen molar-refractivity contribution in [3.63, 3.8) is 0 Å². The van der Waals surface area contributed by atoms with Gasteiger partial charge in [0.1, 0.15) is 0 Å². The highest BCUT2D eigenvalue weighted by molar-refractivity contribution is 7.89. The Morgan fingerprint density at radius 2 is 2.15 bits per heavy atom. The van der Waals surface area contributed by atoms with E-state index in [1.807, 2.05) is 6.92 Å². The van der Waals surface area contributed by atoms with Crippen molar-refractivity contribution in [1.82, 2.24) is 30.2 Å². The second kappa shape index (κ2) is 6.27. The predicted molar refractivity (Wildman–Crippen MR) is 70.3 cm³/mol. The smallest absolute Gasteiger partial charge is 0.293 e. The number of carbonyl (C=O) groups is 1. The van der Waals surface area contributed by atoms with Crippen LogP contribution in [0.2, 0.25) is 0 Å². The normalized spacial score (nSPS) is 18.1. The maximum absolute atomic E-state index is 11.9. The number of carbonyl (C=O) groups excluding carboxylic acids is 1. The number of H-pyrrole nitrogens is 1. The Morgan fingerprint density at radius 1 is 1.45 bits per heavy atom. The number of nitrogens with zero attached hydrogens (tertiary/aromatic N) is 4. The van der Waals surface area contributed by atoms with Crippen molar-refractivity contribution in [3.05, 3.63) is 5.82 Å². The lowest BCUT2D eigenvalue weighted by Crippen LogP contribution is -2.47. The summed E-state index contributed by atoms with van der Waals surface area (Å²) >= 11 is 0. The lowest BCUT2D eigenvalue weighted by Gasteiger charge is -2.31. The van der Waals surface area contributed by atoms with Gasteiger partial charge in [0.05, 0.1) is 5.75 Å². The molecule has 1 aromatic rings. The van der Waals surface area contributed by atoms with Crippen LogP contribution in [-0.4, -0.2) is 64.1 Å². The molecule has 2 N–H and O–H groups in total. The molecule has 1 aliphatic heterocycles. The molecule has 2 rings (SSSR count). The van der Waals surface area contributed by atoms with Crippen LogP contribution in [-0.2, 0) is 10.0 Å². The molecule has 0 aliphatic carbocycles. The number of aromatic amines is 1. The van der Waals surface area contributed by atoms with Crippen LogP contribution >= 0.6 is 0 Å². The Labute approximate surface area is 117 Å². The van der Waals surface area contributed by atoms with Gasteiger partial charge in [-0.05, 0) is 24.5 Å². The fourth-order valence-electron chi connectivity index (χ4n) is 2.17. The average molecular weight is 302 g/mol. The molecule has 112 valence electrons. The topological polar surface area (TPSA) is 121 Å². The Hall–Kier alpha value is -1.55. The second-order valence-corrected chi connectivity index (χ2v) is 6.79. The summed E-state index contributed by atoms with van der Waals surface area (Å²) in [5.74, 6) is -0.230. The summed E-state index contributed by atoms with van der Waals surface area (Å²) < 4.78 is 25.3. The van der Waals surface area contributed by atoms with Crippen molar-refractivity contribution >= 4 is 15.9 Å². The highest BCUT2D eigenvalue weighted by Gasteiger charge is 2.28. The first-order valence-corrected chi connectivity index (χ1v) is 8.16. The molecular weight excluding hydrogens is 284 g/mol. The number of hydrogen-bond acceptors (Lipinski definition) is 6. The largest absolute Gasteiger partial charge is 0.346 e. The van der Waals surface area contributed by atoms with Crippen molar-refractivity contribution in [2.75, 3.05) is 18.8 Å². The second-order valence-electron chi connectivity index (χ2n) is 4.70. The lowest BCUT2D eigenvalue weighted by atomic mass is 10.1. The van der Waals surface area contributed by atoms with Gasteiger partial charge in [0, 0.05) is 19.1 Å². The Kier molecular flexibility index (Phi) is 4.65. The third kappa shape index (κ3) is 3.51. The lowest BCUT2D eigenvalue weighted by molar-refractivity contribution is 0.0913. The summed E-state index contributed by atoms with van der Waals surface area (Å²) in [6.07, 6.45) is 1.79. The maximum Gasteiger partial charge on any atom is 0.293 e. The molecule has 0 unspecified atom stereocenters. The van der Waals surface area contributed by atoms with E-state index in [-0.39, 0.29) is 17.6 Å². The number of aromatic nitrogens is 4. The molecule has 0 aromatic carbocycles. The van der Waals surface area contributed by atoms with E-state index in [0.717, 1.165) is 0 Å². The summed E-state index contributed by atoms with van der Waals surface area (Å²) in [5, 5.41) is 15.5. The Morgan fingerprint density at radius 3 is 2.70 bits per heavy atom. The van der Waals surface area contributed by atoms with Gasteiger partial charge >= 0.3 is 0 Å². The van der Waals surface area contributed by atoms with E-state index >= 15 is 0 Å². The first-order chi connectivity index (χ1) is 9.53. The highest BCUT2D eigenvalue weighted by Crippen LogP contribution is 2.15. The van der Waals surface area contributed by atoms with E-state index in [1.165, 1.54) is 4.31 Å². The van der Waals surface area contributed by atoms with E-state index < -0.39 is 15.9 Å². The molecular formula is C10H18N6O3S. The number of tetrazole rings is 1. The number of amides is 1. The molecule has 1 saturated heterocycles.